The molecule has 140 valence electrons. The van der Waals surface area contributed by atoms with Crippen molar-refractivity contribution in [1.82, 2.24) is 4.90 Å². The summed E-state index contributed by atoms with van der Waals surface area (Å²) in [4.78, 5) is 24.3. The molecule has 0 aliphatic carbocycles. The highest BCUT2D eigenvalue weighted by molar-refractivity contribution is 8.03. The number of amides is 1. The van der Waals surface area contributed by atoms with Crippen LogP contribution in [-0.2, 0) is 9.59 Å². The second-order valence-electron chi connectivity index (χ2n) is 6.20. The molecular weight excluding hydrogens is 338 g/mol. The van der Waals surface area contributed by atoms with Crippen molar-refractivity contribution >= 4 is 23.6 Å². The van der Waals surface area contributed by atoms with Crippen molar-refractivity contribution in [2.75, 3.05) is 12.3 Å². The Labute approximate surface area is 154 Å². The second kappa shape index (κ2) is 12.8. The third kappa shape index (κ3) is 9.57. The van der Waals surface area contributed by atoms with Crippen LogP contribution in [0.1, 0.15) is 58.3 Å². The summed E-state index contributed by atoms with van der Waals surface area (Å²) in [7, 11) is 0. The van der Waals surface area contributed by atoms with E-state index in [1.807, 2.05) is 6.08 Å². The summed E-state index contributed by atoms with van der Waals surface area (Å²) in [5.74, 6) is 2.65. The number of piperidine rings is 1. The molecule has 2 N–H and O–H groups in total. The standard InChI is InChI=1S/C19H29NO4S/c1-2-3-4-8-17(21)11-10-16-7-5-9-18(22)20(16)13-6-14-25-15-12-19(23)24/h10-11,16-17,21H,2-5,7-9,12-13,15H2,1H3,(H,23,24)/b11-10+/t16-,17?/m1/s1. The molecule has 1 aliphatic heterocycles. The predicted octanol–water partition coefficient (Wildman–Crippen LogP) is 3.03. The third-order valence-corrected chi connectivity index (χ3v) is 4.78. The van der Waals surface area contributed by atoms with E-state index in [-0.39, 0.29) is 18.4 Å². The average Bonchev–Trinajstić information content (AvgIpc) is 2.57. The molecule has 1 rings (SSSR count). The molecule has 0 spiro atoms. The van der Waals surface area contributed by atoms with Crippen LogP contribution in [0.5, 0.6) is 0 Å². The van der Waals surface area contributed by atoms with Crippen LogP contribution in [0.4, 0.5) is 0 Å². The lowest BCUT2D eigenvalue weighted by Crippen LogP contribution is -2.42. The number of unbranched alkanes of at least 4 members (excludes halogenated alkanes) is 2. The number of rotatable bonds is 10. The summed E-state index contributed by atoms with van der Waals surface area (Å²) in [6, 6.07) is -0.0135. The topological polar surface area (TPSA) is 77.8 Å². The molecule has 1 fully saturated rings. The van der Waals surface area contributed by atoms with Gasteiger partial charge < -0.3 is 15.1 Å². The Morgan fingerprint density at radius 2 is 2.28 bits per heavy atom. The Morgan fingerprint density at radius 3 is 3.00 bits per heavy atom. The fourth-order valence-corrected chi connectivity index (χ4v) is 3.21. The summed E-state index contributed by atoms with van der Waals surface area (Å²) in [5.41, 5.74) is 0. The smallest absolute Gasteiger partial charge is 0.304 e. The fraction of sp³-hybridized carbons (Fsp3) is 0.684. The summed E-state index contributed by atoms with van der Waals surface area (Å²) in [5, 5.41) is 21.4. The van der Waals surface area contributed by atoms with Gasteiger partial charge in [-0.2, -0.15) is 0 Å². The molecular formula is C19H29NO4S. The van der Waals surface area contributed by atoms with Crippen LogP contribution >= 0.6 is 11.8 Å². The number of carboxylic acid groups (broad SMARTS) is 1. The molecule has 0 bridgehead atoms. The Balaban J connectivity index is 2.48. The number of nitrogens with zero attached hydrogens (tertiary/aromatic N) is 1. The minimum absolute atomic E-state index is 0.0135. The van der Waals surface area contributed by atoms with E-state index in [0.717, 1.165) is 38.5 Å². The highest BCUT2D eigenvalue weighted by Gasteiger charge is 2.25. The molecule has 1 saturated heterocycles. The first-order chi connectivity index (χ1) is 12.0. The number of carboxylic acids is 1. The number of carbonyl (C=O) groups is 2. The molecule has 0 radical (unpaired) electrons. The van der Waals surface area contributed by atoms with Crippen LogP contribution in [0.25, 0.3) is 0 Å². The van der Waals surface area contributed by atoms with Crippen molar-refractivity contribution in [1.29, 1.82) is 0 Å². The van der Waals surface area contributed by atoms with E-state index < -0.39 is 12.1 Å². The lowest BCUT2D eigenvalue weighted by Gasteiger charge is -2.32. The van der Waals surface area contributed by atoms with E-state index in [9.17, 15) is 14.7 Å². The van der Waals surface area contributed by atoms with Gasteiger partial charge in [0.2, 0.25) is 5.91 Å². The Hall–Kier alpha value is -1.45. The summed E-state index contributed by atoms with van der Waals surface area (Å²) < 4.78 is 0. The van der Waals surface area contributed by atoms with Gasteiger partial charge in [0.05, 0.1) is 25.1 Å². The van der Waals surface area contributed by atoms with E-state index >= 15 is 0 Å². The SMILES string of the molecule is CCCCCC(O)/C=C/[C@H]1CCCC(=O)N1CC#CSCCC(=O)O. The second-order valence-corrected chi connectivity index (χ2v) is 7.10. The number of aliphatic carboxylic acids is 1. The summed E-state index contributed by atoms with van der Waals surface area (Å²) in [6.45, 7) is 2.48. The van der Waals surface area contributed by atoms with E-state index in [0.29, 0.717) is 18.7 Å². The number of hydrogen-bond donors (Lipinski definition) is 2. The molecule has 1 heterocycles. The lowest BCUT2D eigenvalue weighted by molar-refractivity contribution is -0.136. The predicted molar refractivity (Wildman–Crippen MR) is 101 cm³/mol. The maximum Gasteiger partial charge on any atom is 0.304 e. The van der Waals surface area contributed by atoms with Crippen molar-refractivity contribution in [3.63, 3.8) is 0 Å². The van der Waals surface area contributed by atoms with Gasteiger partial charge >= 0.3 is 5.97 Å². The van der Waals surface area contributed by atoms with Gasteiger partial charge in [0, 0.05) is 12.2 Å². The fourth-order valence-electron chi connectivity index (χ4n) is 2.67. The highest BCUT2D eigenvalue weighted by atomic mass is 32.2. The van der Waals surface area contributed by atoms with Gasteiger partial charge in [-0.3, -0.25) is 9.59 Å². The van der Waals surface area contributed by atoms with Gasteiger partial charge in [0.1, 0.15) is 0 Å². The van der Waals surface area contributed by atoms with Crippen molar-refractivity contribution in [2.45, 2.75) is 70.4 Å². The van der Waals surface area contributed by atoms with Crippen LogP contribution in [-0.4, -0.2) is 51.4 Å². The zero-order valence-electron chi connectivity index (χ0n) is 14.9. The Morgan fingerprint density at radius 1 is 1.48 bits per heavy atom. The minimum atomic E-state index is -0.830. The quantitative estimate of drug-likeness (QED) is 0.352. The Kier molecular flexibility index (Phi) is 11.1. The molecule has 0 saturated carbocycles. The third-order valence-electron chi connectivity index (χ3n) is 4.08. The number of likely N-dealkylation sites (tertiary alicyclic amines) is 1. The maximum atomic E-state index is 12.1. The highest BCUT2D eigenvalue weighted by Crippen LogP contribution is 2.19. The number of aliphatic hydroxyl groups excluding tert-OH is 1. The van der Waals surface area contributed by atoms with E-state index in [2.05, 4.69) is 18.1 Å². The van der Waals surface area contributed by atoms with Gasteiger partial charge in [0.25, 0.3) is 0 Å². The molecule has 1 unspecified atom stereocenters. The van der Waals surface area contributed by atoms with E-state index in [1.165, 1.54) is 11.8 Å². The first-order valence-corrected chi connectivity index (χ1v) is 10.0. The van der Waals surface area contributed by atoms with Crippen LogP contribution in [0.15, 0.2) is 12.2 Å². The molecule has 6 heteroatoms. The Bertz CT molecular complexity index is 509. The molecule has 0 aromatic heterocycles. The first kappa shape index (κ1) is 21.6. The zero-order valence-corrected chi connectivity index (χ0v) is 15.8. The molecule has 0 aromatic carbocycles. The van der Waals surface area contributed by atoms with Crippen LogP contribution in [0.3, 0.4) is 0 Å². The first-order valence-electron chi connectivity index (χ1n) is 9.02. The van der Waals surface area contributed by atoms with Crippen molar-refractivity contribution in [3.05, 3.63) is 12.2 Å². The van der Waals surface area contributed by atoms with Crippen LogP contribution in [0, 0.1) is 11.2 Å². The number of thioether (sulfide) groups is 1. The van der Waals surface area contributed by atoms with Gasteiger partial charge in [0.15, 0.2) is 0 Å². The lowest BCUT2D eigenvalue weighted by atomic mass is 10.00. The largest absolute Gasteiger partial charge is 0.481 e. The zero-order chi connectivity index (χ0) is 18.5. The molecule has 1 amide bonds. The summed E-state index contributed by atoms with van der Waals surface area (Å²) in [6.07, 6.45) is 9.67. The average molecular weight is 368 g/mol. The van der Waals surface area contributed by atoms with Gasteiger partial charge in [-0.1, -0.05) is 56.0 Å². The van der Waals surface area contributed by atoms with E-state index in [1.54, 1.807) is 11.0 Å². The molecule has 0 aromatic rings. The van der Waals surface area contributed by atoms with Gasteiger partial charge in [-0.05, 0) is 24.5 Å². The number of carbonyl (C=O) groups excluding carboxylic acids is 1. The molecule has 5 nitrogen and oxygen atoms in total. The molecule has 2 atom stereocenters. The summed E-state index contributed by atoms with van der Waals surface area (Å²) >= 11 is 1.26. The van der Waals surface area contributed by atoms with Crippen molar-refractivity contribution < 1.29 is 19.8 Å². The minimum Gasteiger partial charge on any atom is -0.481 e. The molecule has 25 heavy (non-hydrogen) atoms. The van der Waals surface area contributed by atoms with Gasteiger partial charge in [-0.15, -0.1) is 0 Å². The normalized spacial score (nSPS) is 18.9. The van der Waals surface area contributed by atoms with Crippen LogP contribution < -0.4 is 0 Å². The molecule has 1 aliphatic rings. The maximum absolute atomic E-state index is 12.1. The van der Waals surface area contributed by atoms with Gasteiger partial charge in [-0.25, -0.2) is 0 Å². The van der Waals surface area contributed by atoms with E-state index in [4.69, 9.17) is 5.11 Å². The van der Waals surface area contributed by atoms with Crippen molar-refractivity contribution in [2.24, 2.45) is 0 Å². The monoisotopic (exact) mass is 367 g/mol. The van der Waals surface area contributed by atoms with Crippen LogP contribution in [0.2, 0.25) is 0 Å². The number of hydrogen-bond acceptors (Lipinski definition) is 4. The van der Waals surface area contributed by atoms with Crippen molar-refractivity contribution in [3.8, 4) is 11.2 Å². The number of aliphatic hydroxyl groups is 1.